The van der Waals surface area contributed by atoms with Crippen LogP contribution in [0.15, 0.2) is 12.7 Å². The molecule has 0 N–H and O–H groups in total. The van der Waals surface area contributed by atoms with E-state index in [0.29, 0.717) is 0 Å². The van der Waals surface area contributed by atoms with Gasteiger partial charge in [0, 0.05) is 10.7 Å². The molecule has 11 heavy (non-hydrogen) atoms. The number of alkyl halides is 1. The van der Waals surface area contributed by atoms with Crippen molar-refractivity contribution < 1.29 is 5.11 Å². The fraction of sp³-hybridized carbons (Fsp3) is 0.778. The van der Waals surface area contributed by atoms with Gasteiger partial charge in [0.25, 0.3) is 0 Å². The molecular weight excluding hydrogens is 204 g/mol. The molecule has 0 aliphatic heterocycles. The van der Waals surface area contributed by atoms with E-state index in [1.807, 2.05) is 20.8 Å². The average molecular weight is 220 g/mol. The molecule has 65 valence electrons. The van der Waals surface area contributed by atoms with Crippen LogP contribution in [0.2, 0.25) is 0 Å². The molecule has 2 heteroatoms. The van der Waals surface area contributed by atoms with Crippen LogP contribution in [0.25, 0.3) is 0 Å². The minimum atomic E-state index is -0.540. The Morgan fingerprint density at radius 3 is 2.09 bits per heavy atom. The Hall–Kier alpha value is 0.180. The van der Waals surface area contributed by atoms with E-state index < -0.39 is 6.10 Å². The second kappa shape index (κ2) is 4.94. The van der Waals surface area contributed by atoms with E-state index in [0.717, 1.165) is 0 Å². The molecule has 0 aliphatic rings. The predicted octanol–water partition coefficient (Wildman–Crippen LogP) is 3.03. The van der Waals surface area contributed by atoms with Crippen molar-refractivity contribution in [1.82, 2.24) is 0 Å². The highest BCUT2D eigenvalue weighted by atomic mass is 79.9. The summed E-state index contributed by atoms with van der Waals surface area (Å²) in [5.74, 6) is 0.216. The van der Waals surface area contributed by atoms with Gasteiger partial charge in [0.1, 0.15) is 6.10 Å². The van der Waals surface area contributed by atoms with Crippen molar-refractivity contribution in [2.45, 2.75) is 31.7 Å². The quantitative estimate of drug-likeness (QED) is 0.512. The van der Waals surface area contributed by atoms with Crippen LogP contribution in [-0.4, -0.2) is 10.9 Å². The monoisotopic (exact) mass is 219 g/mol. The van der Waals surface area contributed by atoms with Crippen LogP contribution < -0.4 is 0 Å². The molecule has 0 aromatic heterocycles. The summed E-state index contributed by atoms with van der Waals surface area (Å²) in [4.78, 5) is 0.285. The van der Waals surface area contributed by atoms with Crippen molar-refractivity contribution in [3.05, 3.63) is 12.7 Å². The van der Waals surface area contributed by atoms with Crippen molar-refractivity contribution in [3.8, 4) is 0 Å². The summed E-state index contributed by atoms with van der Waals surface area (Å²) in [6, 6.07) is 0. The first-order chi connectivity index (χ1) is 5.00. The molecule has 0 fully saturated rings. The highest BCUT2D eigenvalue weighted by Crippen LogP contribution is 2.21. The molecule has 0 heterocycles. The Morgan fingerprint density at radius 2 is 1.82 bits per heavy atom. The van der Waals surface area contributed by atoms with Crippen LogP contribution in [0.4, 0.5) is 0 Å². The lowest BCUT2D eigenvalue weighted by Gasteiger charge is -2.22. The lowest BCUT2D eigenvalue weighted by molar-refractivity contribution is 0.0169. The minimum absolute atomic E-state index is 0.0602. The molecule has 0 bridgehead atoms. The molecule has 0 rings (SSSR count). The molecule has 0 saturated carbocycles. The molecule has 1 nitrogen and oxygen atoms in total. The summed E-state index contributed by atoms with van der Waals surface area (Å²) in [6.07, 6.45) is 1.19. The van der Waals surface area contributed by atoms with Crippen LogP contribution in [0.5, 0.6) is 0 Å². The van der Waals surface area contributed by atoms with Crippen molar-refractivity contribution in [2.75, 3.05) is 0 Å². The van der Waals surface area contributed by atoms with E-state index in [9.17, 15) is 5.11 Å². The lowest BCUT2D eigenvalue weighted by atomic mass is 9.92. The van der Waals surface area contributed by atoms with Crippen LogP contribution in [-0.2, 0) is 5.11 Å². The van der Waals surface area contributed by atoms with Gasteiger partial charge in [-0.3, -0.25) is 0 Å². The average Bonchev–Trinajstić information content (AvgIpc) is 2.00. The Bertz CT molecular complexity index is 123. The first kappa shape index (κ1) is 11.2. The highest BCUT2D eigenvalue weighted by Gasteiger charge is 2.23. The maximum atomic E-state index is 11.5. The van der Waals surface area contributed by atoms with Gasteiger partial charge in [0.05, 0.1) is 0 Å². The Kier molecular flexibility index (Phi) is 5.02. The van der Waals surface area contributed by atoms with E-state index >= 15 is 0 Å². The summed E-state index contributed by atoms with van der Waals surface area (Å²) in [6.45, 7) is 9.50. The third-order valence-electron chi connectivity index (χ3n) is 2.13. The molecule has 0 spiro atoms. The topological polar surface area (TPSA) is 19.9 Å². The zero-order valence-corrected chi connectivity index (χ0v) is 8.97. The Labute approximate surface area is 77.6 Å². The summed E-state index contributed by atoms with van der Waals surface area (Å²) >= 11 is 3.40. The summed E-state index contributed by atoms with van der Waals surface area (Å²) in [5.41, 5.74) is 0. The fourth-order valence-corrected chi connectivity index (χ4v) is 1.18. The maximum absolute atomic E-state index is 11.5. The normalized spacial score (nSPS) is 21.9. The summed E-state index contributed by atoms with van der Waals surface area (Å²) in [7, 11) is 0. The van der Waals surface area contributed by atoms with Crippen LogP contribution >= 0.6 is 15.9 Å². The van der Waals surface area contributed by atoms with E-state index in [1.165, 1.54) is 0 Å². The van der Waals surface area contributed by atoms with Gasteiger partial charge in [0.15, 0.2) is 0 Å². The number of hydrogen-bond donors (Lipinski definition) is 0. The Balaban J connectivity index is 4.00. The van der Waals surface area contributed by atoms with Gasteiger partial charge in [-0.25, -0.2) is 5.11 Å². The molecule has 0 saturated heterocycles. The van der Waals surface area contributed by atoms with Crippen LogP contribution in [0, 0.1) is 11.8 Å². The molecule has 0 aromatic carbocycles. The van der Waals surface area contributed by atoms with Gasteiger partial charge >= 0.3 is 0 Å². The first-order valence-electron chi connectivity index (χ1n) is 3.93. The smallest absolute Gasteiger partial charge is 0.103 e. The van der Waals surface area contributed by atoms with Gasteiger partial charge < -0.3 is 0 Å². The van der Waals surface area contributed by atoms with Gasteiger partial charge in [-0.2, -0.15) is 0 Å². The molecule has 0 amide bonds. The maximum Gasteiger partial charge on any atom is 0.103 e. The Morgan fingerprint density at radius 1 is 1.36 bits per heavy atom. The molecule has 0 aromatic rings. The van der Waals surface area contributed by atoms with E-state index in [2.05, 4.69) is 22.5 Å². The summed E-state index contributed by atoms with van der Waals surface area (Å²) < 4.78 is 0. The van der Waals surface area contributed by atoms with Crippen molar-refractivity contribution in [2.24, 2.45) is 11.8 Å². The first-order valence-corrected chi connectivity index (χ1v) is 4.84. The largest absolute Gasteiger partial charge is 0.232 e. The van der Waals surface area contributed by atoms with Crippen molar-refractivity contribution >= 4 is 15.9 Å². The van der Waals surface area contributed by atoms with E-state index in [4.69, 9.17) is 0 Å². The fourth-order valence-electron chi connectivity index (χ4n) is 0.874. The van der Waals surface area contributed by atoms with Gasteiger partial charge in [-0.05, 0) is 5.92 Å². The van der Waals surface area contributed by atoms with Crippen LogP contribution in [0.3, 0.4) is 0 Å². The second-order valence-electron chi connectivity index (χ2n) is 3.10. The predicted molar refractivity (Wildman–Crippen MR) is 51.4 cm³/mol. The number of hydrogen-bond acceptors (Lipinski definition) is 0. The van der Waals surface area contributed by atoms with E-state index in [-0.39, 0.29) is 16.7 Å². The molecule has 4 unspecified atom stereocenters. The molecular formula is C9H16BrO. The van der Waals surface area contributed by atoms with Gasteiger partial charge in [-0.15, -0.1) is 6.58 Å². The molecule has 1 radical (unpaired) electrons. The zero-order valence-electron chi connectivity index (χ0n) is 7.38. The molecule has 0 aliphatic carbocycles. The third-order valence-corrected chi connectivity index (χ3v) is 2.97. The summed E-state index contributed by atoms with van der Waals surface area (Å²) in [5, 5.41) is 11.5. The number of halogens is 1. The molecule has 4 atom stereocenters. The highest BCUT2D eigenvalue weighted by molar-refractivity contribution is 9.09. The van der Waals surface area contributed by atoms with E-state index in [1.54, 1.807) is 6.08 Å². The van der Waals surface area contributed by atoms with Crippen molar-refractivity contribution in [3.63, 3.8) is 0 Å². The zero-order chi connectivity index (χ0) is 9.02. The third kappa shape index (κ3) is 3.39. The SMILES string of the molecule is C=CC(C)C([O])C(C)C(C)Br. The number of rotatable bonds is 4. The van der Waals surface area contributed by atoms with Crippen LogP contribution in [0.1, 0.15) is 20.8 Å². The minimum Gasteiger partial charge on any atom is -0.232 e. The van der Waals surface area contributed by atoms with Gasteiger partial charge in [0.2, 0.25) is 0 Å². The van der Waals surface area contributed by atoms with Crippen molar-refractivity contribution in [1.29, 1.82) is 0 Å². The lowest BCUT2D eigenvalue weighted by Crippen LogP contribution is -2.27. The second-order valence-corrected chi connectivity index (χ2v) is 4.54. The van der Waals surface area contributed by atoms with Gasteiger partial charge in [-0.1, -0.05) is 42.8 Å². The standard InChI is InChI=1S/C9H16BrO/c1-5-6(2)9(11)7(3)8(4)10/h5-9H,1H2,2-4H3.